The maximum absolute atomic E-state index is 14.4. The Kier molecular flexibility index (Phi) is 4.61. The normalized spacial score (nSPS) is 12.7. The fourth-order valence-electron chi connectivity index (χ4n) is 2.59. The first kappa shape index (κ1) is 14.8. The van der Waals surface area contributed by atoms with Crippen LogP contribution in [0.1, 0.15) is 47.4 Å². The first-order valence-corrected chi connectivity index (χ1v) is 7.08. The van der Waals surface area contributed by atoms with Crippen LogP contribution in [0, 0.1) is 26.6 Å². The van der Waals surface area contributed by atoms with E-state index in [0.717, 1.165) is 35.4 Å². The Morgan fingerprint density at radius 3 is 2.50 bits per heavy atom. The standard InChI is InChI=1S/C17H22FNO/c1-5-7-19-16(17-12(3)6-8-20-17)15-13(4)9-11(2)10-14(15)18/h6,8-10,16,19H,5,7H2,1-4H3. The summed E-state index contributed by atoms with van der Waals surface area (Å²) in [6.45, 7) is 8.76. The van der Waals surface area contributed by atoms with Crippen molar-refractivity contribution in [3.63, 3.8) is 0 Å². The largest absolute Gasteiger partial charge is 0.467 e. The zero-order chi connectivity index (χ0) is 14.7. The van der Waals surface area contributed by atoms with E-state index < -0.39 is 0 Å². The molecule has 20 heavy (non-hydrogen) atoms. The van der Waals surface area contributed by atoms with Crippen LogP contribution >= 0.6 is 0 Å². The third kappa shape index (κ3) is 2.93. The minimum absolute atomic E-state index is 0.174. The molecule has 2 rings (SSSR count). The minimum atomic E-state index is -0.231. The van der Waals surface area contributed by atoms with Crippen molar-refractivity contribution in [1.29, 1.82) is 0 Å². The van der Waals surface area contributed by atoms with Crippen LogP contribution in [0.15, 0.2) is 28.9 Å². The second-order valence-corrected chi connectivity index (χ2v) is 5.33. The maximum atomic E-state index is 14.4. The van der Waals surface area contributed by atoms with Gasteiger partial charge in [-0.15, -0.1) is 0 Å². The third-order valence-corrected chi connectivity index (χ3v) is 3.53. The van der Waals surface area contributed by atoms with Crippen molar-refractivity contribution >= 4 is 0 Å². The van der Waals surface area contributed by atoms with Crippen molar-refractivity contribution in [1.82, 2.24) is 5.32 Å². The summed E-state index contributed by atoms with van der Waals surface area (Å²) in [5.41, 5.74) is 3.61. The number of halogens is 1. The number of nitrogens with one attached hydrogen (secondary N) is 1. The Hall–Kier alpha value is -1.61. The van der Waals surface area contributed by atoms with Crippen LogP contribution in [0.5, 0.6) is 0 Å². The molecule has 108 valence electrons. The first-order chi connectivity index (χ1) is 9.54. The predicted molar refractivity (Wildman–Crippen MR) is 79.5 cm³/mol. The van der Waals surface area contributed by atoms with E-state index in [4.69, 9.17) is 4.42 Å². The molecule has 0 aliphatic carbocycles. The SMILES string of the molecule is CCCNC(c1occc1C)c1c(C)cc(C)cc1F. The number of hydrogen-bond acceptors (Lipinski definition) is 2. The lowest BCUT2D eigenvalue weighted by atomic mass is 9.95. The highest BCUT2D eigenvalue weighted by Crippen LogP contribution is 2.30. The molecule has 0 aliphatic heterocycles. The molecule has 1 atom stereocenters. The maximum Gasteiger partial charge on any atom is 0.128 e. The Balaban J connectivity index is 2.50. The molecule has 2 nitrogen and oxygen atoms in total. The Morgan fingerprint density at radius 1 is 1.20 bits per heavy atom. The molecule has 1 aromatic carbocycles. The molecule has 3 heteroatoms. The van der Waals surface area contributed by atoms with Crippen LogP contribution in [0.3, 0.4) is 0 Å². The molecule has 1 aromatic heterocycles. The van der Waals surface area contributed by atoms with Crippen LogP contribution in [0.4, 0.5) is 4.39 Å². The third-order valence-electron chi connectivity index (χ3n) is 3.53. The molecule has 0 aliphatic rings. The Labute approximate surface area is 120 Å². The van der Waals surface area contributed by atoms with Gasteiger partial charge in [0, 0.05) is 5.56 Å². The number of aryl methyl sites for hydroxylation is 3. The first-order valence-electron chi connectivity index (χ1n) is 7.08. The molecular formula is C17H22FNO. The van der Waals surface area contributed by atoms with Gasteiger partial charge in [-0.1, -0.05) is 13.0 Å². The number of hydrogen-bond donors (Lipinski definition) is 1. The summed E-state index contributed by atoms with van der Waals surface area (Å²) in [5, 5.41) is 3.40. The fourth-order valence-corrected chi connectivity index (χ4v) is 2.59. The predicted octanol–water partition coefficient (Wildman–Crippen LogP) is 4.43. The van der Waals surface area contributed by atoms with Crippen molar-refractivity contribution in [2.24, 2.45) is 0 Å². The molecule has 1 N–H and O–H groups in total. The average Bonchev–Trinajstić information content (AvgIpc) is 2.78. The van der Waals surface area contributed by atoms with Crippen LogP contribution in [-0.2, 0) is 0 Å². The van der Waals surface area contributed by atoms with E-state index in [2.05, 4.69) is 12.2 Å². The van der Waals surface area contributed by atoms with Crippen molar-refractivity contribution < 1.29 is 8.81 Å². The minimum Gasteiger partial charge on any atom is -0.467 e. The Morgan fingerprint density at radius 2 is 1.95 bits per heavy atom. The number of benzene rings is 1. The van der Waals surface area contributed by atoms with Gasteiger partial charge in [0.25, 0.3) is 0 Å². The molecule has 2 aromatic rings. The van der Waals surface area contributed by atoms with Gasteiger partial charge < -0.3 is 9.73 Å². The zero-order valence-electron chi connectivity index (χ0n) is 12.6. The van der Waals surface area contributed by atoms with E-state index in [1.807, 2.05) is 32.9 Å². The highest BCUT2D eigenvalue weighted by atomic mass is 19.1. The van der Waals surface area contributed by atoms with Gasteiger partial charge in [-0.2, -0.15) is 0 Å². The highest BCUT2D eigenvalue weighted by molar-refractivity contribution is 5.39. The average molecular weight is 275 g/mol. The number of furan rings is 1. The molecule has 0 fully saturated rings. The molecule has 0 bridgehead atoms. The van der Waals surface area contributed by atoms with E-state index in [9.17, 15) is 4.39 Å². The van der Waals surface area contributed by atoms with E-state index in [0.29, 0.717) is 5.56 Å². The summed E-state index contributed by atoms with van der Waals surface area (Å²) in [6.07, 6.45) is 2.65. The lowest BCUT2D eigenvalue weighted by molar-refractivity contribution is 0.432. The van der Waals surface area contributed by atoms with Crippen molar-refractivity contribution in [3.05, 3.63) is 58.3 Å². The smallest absolute Gasteiger partial charge is 0.128 e. The zero-order valence-corrected chi connectivity index (χ0v) is 12.6. The van der Waals surface area contributed by atoms with Crippen LogP contribution < -0.4 is 5.32 Å². The van der Waals surface area contributed by atoms with Gasteiger partial charge in [0.2, 0.25) is 0 Å². The second kappa shape index (κ2) is 6.23. The van der Waals surface area contributed by atoms with Gasteiger partial charge in [0.1, 0.15) is 11.6 Å². The van der Waals surface area contributed by atoms with Gasteiger partial charge in [0.05, 0.1) is 12.3 Å². The summed E-state index contributed by atoms with van der Waals surface area (Å²) in [5.74, 6) is 0.621. The van der Waals surface area contributed by atoms with Crippen LogP contribution in [-0.4, -0.2) is 6.54 Å². The second-order valence-electron chi connectivity index (χ2n) is 5.33. The molecule has 1 heterocycles. The molecule has 0 saturated heterocycles. The van der Waals surface area contributed by atoms with Gasteiger partial charge in [0.15, 0.2) is 0 Å². The van der Waals surface area contributed by atoms with E-state index in [1.54, 1.807) is 12.3 Å². The summed E-state index contributed by atoms with van der Waals surface area (Å²) < 4.78 is 20.0. The van der Waals surface area contributed by atoms with Gasteiger partial charge >= 0.3 is 0 Å². The lowest BCUT2D eigenvalue weighted by Crippen LogP contribution is -2.25. The fraction of sp³-hybridized carbons (Fsp3) is 0.412. The van der Waals surface area contributed by atoms with E-state index >= 15 is 0 Å². The lowest BCUT2D eigenvalue weighted by Gasteiger charge is -2.21. The summed E-state index contributed by atoms with van der Waals surface area (Å²) in [7, 11) is 0. The Bertz CT molecular complexity index is 565. The van der Waals surface area contributed by atoms with Gasteiger partial charge in [-0.05, 0) is 62.6 Å². The molecular weight excluding hydrogens is 253 g/mol. The van der Waals surface area contributed by atoms with Crippen molar-refractivity contribution in [3.8, 4) is 0 Å². The van der Waals surface area contributed by atoms with Crippen molar-refractivity contribution in [2.45, 2.75) is 40.2 Å². The van der Waals surface area contributed by atoms with Crippen LogP contribution in [0.2, 0.25) is 0 Å². The monoisotopic (exact) mass is 275 g/mol. The van der Waals surface area contributed by atoms with Gasteiger partial charge in [-0.3, -0.25) is 0 Å². The summed E-state index contributed by atoms with van der Waals surface area (Å²) >= 11 is 0. The summed E-state index contributed by atoms with van der Waals surface area (Å²) in [6, 6.07) is 5.28. The van der Waals surface area contributed by atoms with E-state index in [1.165, 1.54) is 0 Å². The quantitative estimate of drug-likeness (QED) is 0.873. The van der Waals surface area contributed by atoms with Crippen molar-refractivity contribution in [2.75, 3.05) is 6.54 Å². The molecule has 0 amide bonds. The molecule has 0 radical (unpaired) electrons. The van der Waals surface area contributed by atoms with Gasteiger partial charge in [-0.25, -0.2) is 4.39 Å². The summed E-state index contributed by atoms with van der Waals surface area (Å²) in [4.78, 5) is 0. The number of rotatable bonds is 5. The van der Waals surface area contributed by atoms with E-state index in [-0.39, 0.29) is 11.9 Å². The molecule has 1 unspecified atom stereocenters. The molecule has 0 spiro atoms. The molecule has 0 saturated carbocycles. The topological polar surface area (TPSA) is 25.2 Å². The highest BCUT2D eigenvalue weighted by Gasteiger charge is 2.23. The van der Waals surface area contributed by atoms with Crippen LogP contribution in [0.25, 0.3) is 0 Å².